The van der Waals surface area contributed by atoms with Gasteiger partial charge in [-0.15, -0.1) is 0 Å². The third-order valence-electron chi connectivity index (χ3n) is 4.16. The number of hydrogen-bond acceptors (Lipinski definition) is 5. The number of phenols is 1. The first-order valence-corrected chi connectivity index (χ1v) is 8.49. The summed E-state index contributed by atoms with van der Waals surface area (Å²) in [5, 5.41) is 10.2. The van der Waals surface area contributed by atoms with Crippen LogP contribution in [0, 0.1) is 0 Å². The Hall–Kier alpha value is -3.73. The van der Waals surface area contributed by atoms with Crippen molar-refractivity contribution < 1.29 is 9.84 Å². The first-order chi connectivity index (χ1) is 13.2. The number of ether oxygens (including phenoxy) is 1. The molecule has 132 valence electrons. The van der Waals surface area contributed by atoms with E-state index in [1.165, 1.54) is 0 Å². The van der Waals surface area contributed by atoms with Crippen molar-refractivity contribution in [2.45, 2.75) is 0 Å². The lowest BCUT2D eigenvalue weighted by Crippen LogP contribution is -2.00. The van der Waals surface area contributed by atoms with Gasteiger partial charge in [0.15, 0.2) is 17.5 Å². The molecule has 0 amide bonds. The van der Waals surface area contributed by atoms with Crippen LogP contribution < -0.4 is 4.74 Å². The van der Waals surface area contributed by atoms with E-state index in [0.29, 0.717) is 23.0 Å². The lowest BCUT2D eigenvalue weighted by molar-refractivity contribution is 0.415. The summed E-state index contributed by atoms with van der Waals surface area (Å²) >= 11 is 0. The van der Waals surface area contributed by atoms with Crippen molar-refractivity contribution in [1.29, 1.82) is 0 Å². The number of nitrogens with zero attached hydrogens (tertiary/aromatic N) is 3. The van der Waals surface area contributed by atoms with Crippen molar-refractivity contribution in [3.8, 4) is 45.7 Å². The predicted octanol–water partition coefficient (Wildman–Crippen LogP) is 4.59. The molecule has 0 aliphatic carbocycles. The van der Waals surface area contributed by atoms with E-state index in [0.717, 1.165) is 16.9 Å². The van der Waals surface area contributed by atoms with E-state index in [9.17, 15) is 5.11 Å². The van der Waals surface area contributed by atoms with E-state index >= 15 is 0 Å². The maximum atomic E-state index is 10.2. The van der Waals surface area contributed by atoms with Gasteiger partial charge in [0.2, 0.25) is 0 Å². The zero-order chi connectivity index (χ0) is 18.6. The lowest BCUT2D eigenvalue weighted by Gasteiger charge is -2.09. The van der Waals surface area contributed by atoms with E-state index < -0.39 is 0 Å². The second kappa shape index (κ2) is 7.25. The highest BCUT2D eigenvalue weighted by atomic mass is 16.5. The van der Waals surface area contributed by atoms with Crippen LogP contribution in [0.3, 0.4) is 0 Å². The molecule has 1 heterocycles. The quantitative estimate of drug-likeness (QED) is 0.580. The van der Waals surface area contributed by atoms with Gasteiger partial charge in [0.25, 0.3) is 0 Å². The lowest BCUT2D eigenvalue weighted by atomic mass is 10.1. The fraction of sp³-hybridized carbons (Fsp3) is 0.0455. The molecule has 0 radical (unpaired) electrons. The molecule has 0 atom stereocenters. The number of phenolic OH excluding ortho intramolecular Hbond substituents is 1. The summed E-state index contributed by atoms with van der Waals surface area (Å²) in [6, 6.07) is 24.2. The van der Waals surface area contributed by atoms with Gasteiger partial charge >= 0.3 is 0 Å². The van der Waals surface area contributed by atoms with Gasteiger partial charge in [-0.05, 0) is 36.4 Å². The summed E-state index contributed by atoms with van der Waals surface area (Å²) < 4.78 is 5.22. The molecule has 0 unspecified atom stereocenters. The average molecular weight is 355 g/mol. The smallest absolute Gasteiger partial charge is 0.167 e. The summed E-state index contributed by atoms with van der Waals surface area (Å²) in [5.41, 5.74) is 2.28. The molecule has 0 aliphatic heterocycles. The summed E-state index contributed by atoms with van der Waals surface area (Å²) in [5.74, 6) is 2.40. The van der Waals surface area contributed by atoms with Crippen molar-refractivity contribution in [3.05, 3.63) is 78.9 Å². The van der Waals surface area contributed by atoms with Crippen molar-refractivity contribution in [1.82, 2.24) is 15.0 Å². The minimum absolute atomic E-state index is 0.128. The highest BCUT2D eigenvalue weighted by molar-refractivity contribution is 5.69. The molecule has 27 heavy (non-hydrogen) atoms. The van der Waals surface area contributed by atoms with Crippen LogP contribution in [0.25, 0.3) is 34.2 Å². The molecule has 0 saturated carbocycles. The molecule has 3 aromatic carbocycles. The Bertz CT molecular complexity index is 1060. The zero-order valence-electron chi connectivity index (χ0n) is 14.7. The molecule has 0 aliphatic rings. The van der Waals surface area contributed by atoms with Crippen LogP contribution in [-0.4, -0.2) is 27.2 Å². The molecule has 5 nitrogen and oxygen atoms in total. The fourth-order valence-electron chi connectivity index (χ4n) is 2.74. The Morgan fingerprint density at radius 1 is 0.630 bits per heavy atom. The topological polar surface area (TPSA) is 68.1 Å². The third kappa shape index (κ3) is 3.48. The van der Waals surface area contributed by atoms with E-state index in [4.69, 9.17) is 4.74 Å². The van der Waals surface area contributed by atoms with E-state index in [1.54, 1.807) is 25.3 Å². The van der Waals surface area contributed by atoms with E-state index in [1.807, 2.05) is 60.7 Å². The largest absolute Gasteiger partial charge is 0.507 e. The van der Waals surface area contributed by atoms with Crippen molar-refractivity contribution in [2.24, 2.45) is 0 Å². The first-order valence-electron chi connectivity index (χ1n) is 8.49. The minimum atomic E-state index is 0.128. The molecule has 4 rings (SSSR count). The number of benzene rings is 3. The zero-order valence-corrected chi connectivity index (χ0v) is 14.7. The van der Waals surface area contributed by atoms with Crippen LogP contribution in [0.5, 0.6) is 11.5 Å². The van der Waals surface area contributed by atoms with E-state index in [2.05, 4.69) is 15.0 Å². The number of hydrogen-bond donors (Lipinski definition) is 1. The number of rotatable bonds is 4. The second-order valence-corrected chi connectivity index (χ2v) is 5.92. The number of methoxy groups -OCH3 is 1. The summed E-state index contributed by atoms with van der Waals surface area (Å²) in [6.45, 7) is 0. The van der Waals surface area contributed by atoms with Gasteiger partial charge in [0.05, 0.1) is 12.7 Å². The van der Waals surface area contributed by atoms with Gasteiger partial charge in [-0.3, -0.25) is 0 Å². The number of aromatic nitrogens is 3. The Kier molecular flexibility index (Phi) is 4.49. The molecule has 1 N–H and O–H groups in total. The van der Waals surface area contributed by atoms with Gasteiger partial charge in [-0.2, -0.15) is 0 Å². The van der Waals surface area contributed by atoms with Gasteiger partial charge < -0.3 is 9.84 Å². The molecule has 5 heteroatoms. The first kappa shape index (κ1) is 16.7. The van der Waals surface area contributed by atoms with Crippen LogP contribution in [0.1, 0.15) is 0 Å². The Labute approximate surface area is 157 Å². The summed E-state index contributed by atoms with van der Waals surface area (Å²) in [7, 11) is 1.63. The number of aromatic hydroxyl groups is 1. The van der Waals surface area contributed by atoms with E-state index in [-0.39, 0.29) is 5.75 Å². The maximum absolute atomic E-state index is 10.2. The molecule has 0 fully saturated rings. The SMILES string of the molecule is COc1ccc(-c2nc(-c3ccccc3)nc(-c3ccccc3O)n2)cc1. The van der Waals surface area contributed by atoms with Gasteiger partial charge in [-0.25, -0.2) is 15.0 Å². The second-order valence-electron chi connectivity index (χ2n) is 5.92. The third-order valence-corrected chi connectivity index (χ3v) is 4.16. The highest BCUT2D eigenvalue weighted by Gasteiger charge is 2.14. The van der Waals surface area contributed by atoms with Crippen molar-refractivity contribution >= 4 is 0 Å². The van der Waals surface area contributed by atoms with Crippen molar-refractivity contribution in [2.75, 3.05) is 7.11 Å². The Morgan fingerprint density at radius 3 is 1.81 bits per heavy atom. The molecule has 0 spiro atoms. The summed E-state index contributed by atoms with van der Waals surface area (Å²) in [4.78, 5) is 13.8. The normalized spacial score (nSPS) is 10.6. The van der Waals surface area contributed by atoms with Crippen LogP contribution in [0.4, 0.5) is 0 Å². The van der Waals surface area contributed by atoms with Gasteiger partial charge in [-0.1, -0.05) is 42.5 Å². The molecular formula is C22H17N3O2. The van der Waals surface area contributed by atoms with Gasteiger partial charge in [0.1, 0.15) is 11.5 Å². The molecule has 4 aromatic rings. The highest BCUT2D eigenvalue weighted by Crippen LogP contribution is 2.29. The van der Waals surface area contributed by atoms with Crippen LogP contribution >= 0.6 is 0 Å². The van der Waals surface area contributed by atoms with Crippen LogP contribution in [0.2, 0.25) is 0 Å². The van der Waals surface area contributed by atoms with Gasteiger partial charge in [0, 0.05) is 11.1 Å². The molecule has 1 aromatic heterocycles. The molecule has 0 bridgehead atoms. The predicted molar refractivity (Wildman–Crippen MR) is 104 cm³/mol. The monoisotopic (exact) mass is 355 g/mol. The minimum Gasteiger partial charge on any atom is -0.507 e. The molecule has 0 saturated heterocycles. The fourth-order valence-corrected chi connectivity index (χ4v) is 2.74. The van der Waals surface area contributed by atoms with Crippen LogP contribution in [0.15, 0.2) is 78.9 Å². The Balaban J connectivity index is 1.90. The summed E-state index contributed by atoms with van der Waals surface area (Å²) in [6.07, 6.45) is 0. The Morgan fingerprint density at radius 2 is 1.19 bits per heavy atom. The van der Waals surface area contributed by atoms with Crippen LogP contribution in [-0.2, 0) is 0 Å². The standard InChI is InChI=1S/C22H17N3O2/c1-27-17-13-11-16(12-14-17)21-23-20(15-7-3-2-4-8-15)24-22(25-21)18-9-5-6-10-19(18)26/h2-14,26H,1H3. The number of para-hydroxylation sites is 1. The van der Waals surface area contributed by atoms with Crippen molar-refractivity contribution in [3.63, 3.8) is 0 Å². The molecular weight excluding hydrogens is 338 g/mol. The maximum Gasteiger partial charge on any atom is 0.167 e. The average Bonchev–Trinajstić information content (AvgIpc) is 2.74.